The van der Waals surface area contributed by atoms with Crippen LogP contribution in [-0.2, 0) is 10.2 Å². The van der Waals surface area contributed by atoms with Gasteiger partial charge in [0.2, 0.25) is 0 Å². The monoisotopic (exact) mass is 520 g/mol. The van der Waals surface area contributed by atoms with Crippen LogP contribution in [0.25, 0.3) is 0 Å². The molecule has 0 unspecified atom stereocenters. The van der Waals surface area contributed by atoms with Crippen molar-refractivity contribution in [3.8, 4) is 0 Å². The van der Waals surface area contributed by atoms with E-state index in [1.807, 2.05) is 18.4 Å². The normalized spacial score (nSPS) is 21.1. The van der Waals surface area contributed by atoms with E-state index in [2.05, 4.69) is 38.0 Å². The highest BCUT2D eigenvalue weighted by Gasteiger charge is 2.35. The Balaban J connectivity index is 0.00000280. The van der Waals surface area contributed by atoms with Gasteiger partial charge in [-0.3, -0.25) is 4.99 Å². The van der Waals surface area contributed by atoms with Crippen LogP contribution >= 0.6 is 35.3 Å². The summed E-state index contributed by atoms with van der Waals surface area (Å²) in [4.78, 5) is 8.54. The number of aliphatic imine (C=N–C) groups is 1. The molecule has 3 rings (SSSR count). The Labute approximate surface area is 191 Å². The summed E-state index contributed by atoms with van der Waals surface area (Å²) in [6, 6.07) is 5.03. The minimum absolute atomic E-state index is 0. The molecule has 5 nitrogen and oxygen atoms in total. The number of piperidine rings is 1. The van der Waals surface area contributed by atoms with Crippen molar-refractivity contribution in [2.24, 2.45) is 4.99 Å². The second-order valence-corrected chi connectivity index (χ2v) is 8.94. The van der Waals surface area contributed by atoms with Gasteiger partial charge in [-0.15, -0.1) is 35.3 Å². The van der Waals surface area contributed by atoms with Gasteiger partial charge in [-0.05, 0) is 37.1 Å². The van der Waals surface area contributed by atoms with Crippen molar-refractivity contribution in [2.75, 3.05) is 46.9 Å². The van der Waals surface area contributed by atoms with Crippen LogP contribution in [0.15, 0.2) is 22.5 Å². The van der Waals surface area contributed by atoms with Crippen molar-refractivity contribution < 1.29 is 4.74 Å². The van der Waals surface area contributed by atoms with Gasteiger partial charge in [0.15, 0.2) is 5.96 Å². The molecule has 2 aliphatic rings. The molecule has 2 fully saturated rings. The third-order valence-corrected chi connectivity index (χ3v) is 7.33. The van der Waals surface area contributed by atoms with Crippen LogP contribution in [0, 0.1) is 0 Å². The number of likely N-dealkylation sites (tertiary alicyclic amines) is 1. The van der Waals surface area contributed by atoms with Crippen molar-refractivity contribution in [2.45, 2.75) is 56.4 Å². The van der Waals surface area contributed by atoms with Crippen molar-refractivity contribution in [1.82, 2.24) is 15.5 Å². The summed E-state index contributed by atoms with van der Waals surface area (Å²) in [7, 11) is 3.67. The average Bonchev–Trinajstić information content (AvgIpc) is 3.27. The van der Waals surface area contributed by atoms with E-state index in [-0.39, 0.29) is 29.4 Å². The van der Waals surface area contributed by atoms with E-state index >= 15 is 0 Å². The number of guanidine groups is 1. The molecule has 1 saturated heterocycles. The van der Waals surface area contributed by atoms with Crippen molar-refractivity contribution in [1.29, 1.82) is 0 Å². The highest BCUT2D eigenvalue weighted by atomic mass is 127. The first-order chi connectivity index (χ1) is 13.3. The van der Waals surface area contributed by atoms with Crippen molar-refractivity contribution >= 4 is 41.3 Å². The molecular weight excluding hydrogens is 483 g/mol. The Morgan fingerprint density at radius 1 is 1.29 bits per heavy atom. The van der Waals surface area contributed by atoms with Gasteiger partial charge < -0.3 is 20.3 Å². The van der Waals surface area contributed by atoms with Crippen LogP contribution in [-0.4, -0.2) is 63.8 Å². The summed E-state index contributed by atoms with van der Waals surface area (Å²) in [6.07, 6.45) is 8.96. The summed E-state index contributed by atoms with van der Waals surface area (Å²) in [5, 5.41) is 9.56. The molecule has 0 radical (unpaired) electrons. The van der Waals surface area contributed by atoms with Gasteiger partial charge in [0.1, 0.15) is 0 Å². The topological polar surface area (TPSA) is 48.9 Å². The number of rotatable bonds is 7. The number of halogens is 1. The molecule has 0 spiro atoms. The van der Waals surface area contributed by atoms with Crippen LogP contribution in [0.1, 0.15) is 49.8 Å². The van der Waals surface area contributed by atoms with Crippen LogP contribution in [0.3, 0.4) is 0 Å². The number of ether oxygens (including phenoxy) is 1. The zero-order chi connectivity index (χ0) is 19.0. The van der Waals surface area contributed by atoms with E-state index < -0.39 is 0 Å². The Bertz CT molecular complexity index is 567. The van der Waals surface area contributed by atoms with E-state index in [1.165, 1.54) is 49.8 Å². The van der Waals surface area contributed by atoms with E-state index in [4.69, 9.17) is 4.74 Å². The lowest BCUT2D eigenvalue weighted by Gasteiger charge is -2.38. The fourth-order valence-corrected chi connectivity index (χ4v) is 5.47. The second kappa shape index (κ2) is 12.3. The van der Waals surface area contributed by atoms with Crippen LogP contribution in [0.4, 0.5) is 0 Å². The molecule has 1 saturated carbocycles. The Morgan fingerprint density at radius 3 is 2.64 bits per heavy atom. The van der Waals surface area contributed by atoms with Gasteiger partial charge >= 0.3 is 0 Å². The smallest absolute Gasteiger partial charge is 0.191 e. The highest BCUT2D eigenvalue weighted by Crippen LogP contribution is 2.41. The number of nitrogens with one attached hydrogen (secondary N) is 2. The lowest BCUT2D eigenvalue weighted by molar-refractivity contribution is 0.128. The van der Waals surface area contributed by atoms with Crippen LogP contribution in [0.2, 0.25) is 0 Å². The zero-order valence-corrected chi connectivity index (χ0v) is 20.6. The Hall–Kier alpha value is -0.380. The predicted octanol–water partition coefficient (Wildman–Crippen LogP) is 3.84. The minimum Gasteiger partial charge on any atom is -0.383 e. The molecule has 1 aromatic heterocycles. The van der Waals surface area contributed by atoms with Gasteiger partial charge in [0.25, 0.3) is 0 Å². The van der Waals surface area contributed by atoms with Crippen molar-refractivity contribution in [3.05, 3.63) is 22.4 Å². The first-order valence-corrected chi connectivity index (χ1v) is 11.4. The van der Waals surface area contributed by atoms with Crippen LogP contribution < -0.4 is 10.6 Å². The molecule has 0 bridgehead atoms. The maximum atomic E-state index is 5.20. The van der Waals surface area contributed by atoms with E-state index in [9.17, 15) is 0 Å². The largest absolute Gasteiger partial charge is 0.383 e. The minimum atomic E-state index is 0. The second-order valence-electron chi connectivity index (χ2n) is 8.00. The first-order valence-electron chi connectivity index (χ1n) is 10.5. The van der Waals surface area contributed by atoms with E-state index in [0.717, 1.165) is 38.7 Å². The fraction of sp³-hybridized carbons (Fsp3) is 0.762. The third-order valence-electron chi connectivity index (χ3n) is 6.21. The molecule has 0 atom stereocenters. The third kappa shape index (κ3) is 6.57. The van der Waals surface area contributed by atoms with Gasteiger partial charge in [0, 0.05) is 56.7 Å². The molecule has 1 aromatic rings. The highest BCUT2D eigenvalue weighted by molar-refractivity contribution is 14.0. The number of hydrogen-bond donors (Lipinski definition) is 2. The zero-order valence-electron chi connectivity index (χ0n) is 17.4. The summed E-state index contributed by atoms with van der Waals surface area (Å²) in [6.45, 7) is 5.12. The molecule has 0 amide bonds. The summed E-state index contributed by atoms with van der Waals surface area (Å²) in [5.74, 6) is 0.965. The molecule has 28 heavy (non-hydrogen) atoms. The molecule has 2 N–H and O–H groups in total. The lowest BCUT2D eigenvalue weighted by atomic mass is 9.73. The average molecular weight is 521 g/mol. The number of hydrogen-bond acceptors (Lipinski definition) is 4. The number of methoxy groups -OCH3 is 1. The van der Waals surface area contributed by atoms with Crippen LogP contribution in [0.5, 0.6) is 0 Å². The Morgan fingerprint density at radius 2 is 2.04 bits per heavy atom. The van der Waals surface area contributed by atoms with Gasteiger partial charge in [0.05, 0.1) is 6.61 Å². The van der Waals surface area contributed by atoms with E-state index in [0.29, 0.717) is 6.04 Å². The molecule has 7 heteroatoms. The fourth-order valence-electron chi connectivity index (χ4n) is 4.48. The summed E-state index contributed by atoms with van der Waals surface area (Å²) in [5.41, 5.74) is 0.285. The summed E-state index contributed by atoms with van der Waals surface area (Å²) >= 11 is 1.91. The molecule has 160 valence electrons. The van der Waals surface area contributed by atoms with E-state index in [1.54, 1.807) is 7.11 Å². The molecule has 0 aromatic carbocycles. The van der Waals surface area contributed by atoms with Gasteiger partial charge in [-0.1, -0.05) is 25.3 Å². The van der Waals surface area contributed by atoms with Gasteiger partial charge in [-0.25, -0.2) is 0 Å². The maximum Gasteiger partial charge on any atom is 0.191 e. The number of thiophene rings is 1. The SMILES string of the molecule is CN=C(NCC1(c2cccs2)CCCCC1)NC1CCN(CCOC)CC1.I. The van der Waals surface area contributed by atoms with Gasteiger partial charge in [-0.2, -0.15) is 0 Å². The lowest BCUT2D eigenvalue weighted by Crippen LogP contribution is -2.51. The summed E-state index contributed by atoms with van der Waals surface area (Å²) < 4.78 is 5.20. The van der Waals surface area contributed by atoms with Crippen molar-refractivity contribution in [3.63, 3.8) is 0 Å². The number of nitrogens with zero attached hydrogens (tertiary/aromatic N) is 2. The molecule has 1 aliphatic heterocycles. The Kier molecular flexibility index (Phi) is 10.5. The standard InChI is InChI=1S/C21H36N4OS.HI/c1-22-20(24-18-8-12-25(13-9-18)14-15-26-2)23-17-21(10-4-3-5-11-21)19-7-6-16-27-19;/h6-7,16,18H,3-5,8-15,17H2,1-2H3,(H2,22,23,24);1H. The first kappa shape index (κ1) is 23.9. The quantitative estimate of drug-likeness (QED) is 0.326. The molecule has 1 aliphatic carbocycles. The predicted molar refractivity (Wildman–Crippen MR) is 130 cm³/mol. The molecular formula is C21H37IN4OS. The molecule has 2 heterocycles. The maximum absolute atomic E-state index is 5.20.